The molecule has 0 saturated carbocycles. The molecule has 0 aromatic heterocycles. The lowest BCUT2D eigenvalue weighted by molar-refractivity contribution is -0.135. The van der Waals surface area contributed by atoms with Crippen molar-refractivity contribution in [3.8, 4) is 0 Å². The van der Waals surface area contributed by atoms with Gasteiger partial charge >= 0.3 is 12.0 Å². The van der Waals surface area contributed by atoms with Crippen molar-refractivity contribution in [3.05, 3.63) is 35.4 Å². The number of hydrogen-bond donors (Lipinski definition) is 2. The van der Waals surface area contributed by atoms with E-state index >= 15 is 0 Å². The zero-order valence-corrected chi connectivity index (χ0v) is 12.2. The molecule has 21 heavy (non-hydrogen) atoms. The van der Waals surface area contributed by atoms with Crippen molar-refractivity contribution in [3.63, 3.8) is 0 Å². The van der Waals surface area contributed by atoms with Crippen molar-refractivity contribution >= 4 is 6.09 Å². The van der Waals surface area contributed by atoms with Crippen LogP contribution in [0.4, 0.5) is 13.6 Å². The highest BCUT2D eigenvalue weighted by Crippen LogP contribution is 2.40. The maximum absolute atomic E-state index is 14.2. The van der Waals surface area contributed by atoms with Crippen molar-refractivity contribution < 1.29 is 23.4 Å². The monoisotopic (exact) mass is 299 g/mol. The fraction of sp³-hybridized carbons (Fsp3) is 0.533. The Kier molecular flexibility index (Phi) is 3.93. The predicted octanol–water partition coefficient (Wildman–Crippen LogP) is 2.59. The summed E-state index contributed by atoms with van der Waals surface area (Å²) < 4.78 is 33.4. The Balaban J connectivity index is 2.19. The quantitative estimate of drug-likeness (QED) is 0.838. The topological polar surface area (TPSA) is 58.6 Å². The van der Waals surface area contributed by atoms with Gasteiger partial charge in [-0.05, 0) is 32.8 Å². The van der Waals surface area contributed by atoms with Crippen LogP contribution in [0.3, 0.4) is 0 Å². The number of alkyl carbamates (subject to hydrolysis) is 1. The summed E-state index contributed by atoms with van der Waals surface area (Å²) in [5, 5.41) is 12.2. The van der Waals surface area contributed by atoms with Gasteiger partial charge in [0, 0.05) is 5.56 Å². The van der Waals surface area contributed by atoms with Gasteiger partial charge in [-0.15, -0.1) is 0 Å². The number of alkyl halides is 2. The number of nitrogens with one attached hydrogen (secondary N) is 1. The van der Waals surface area contributed by atoms with Gasteiger partial charge in [-0.1, -0.05) is 24.3 Å². The number of amides is 1. The number of carbonyl (C=O) groups excluding carboxylic acids is 1. The van der Waals surface area contributed by atoms with Gasteiger partial charge in [0.15, 0.2) is 0 Å². The molecule has 0 fully saturated rings. The molecule has 2 N–H and O–H groups in total. The molecule has 4 nitrogen and oxygen atoms in total. The number of halogens is 2. The number of carbonyl (C=O) groups is 1. The Labute approximate surface area is 122 Å². The summed E-state index contributed by atoms with van der Waals surface area (Å²) in [4.78, 5) is 11.7. The van der Waals surface area contributed by atoms with Gasteiger partial charge in [0.25, 0.3) is 0 Å². The second-order valence-electron chi connectivity index (χ2n) is 6.18. The summed E-state index contributed by atoms with van der Waals surface area (Å²) >= 11 is 0. The van der Waals surface area contributed by atoms with E-state index in [1.807, 2.05) is 0 Å². The van der Waals surface area contributed by atoms with Gasteiger partial charge in [-0.3, -0.25) is 0 Å². The molecular weight excluding hydrogens is 280 g/mol. The number of ether oxygens (including phenoxy) is 1. The maximum atomic E-state index is 14.2. The zero-order valence-electron chi connectivity index (χ0n) is 12.2. The van der Waals surface area contributed by atoms with Crippen LogP contribution >= 0.6 is 0 Å². The first-order valence-electron chi connectivity index (χ1n) is 6.75. The van der Waals surface area contributed by atoms with Crippen LogP contribution in [-0.4, -0.2) is 28.9 Å². The van der Waals surface area contributed by atoms with E-state index in [0.717, 1.165) is 0 Å². The summed E-state index contributed by atoms with van der Waals surface area (Å²) in [6.45, 7) is 5.02. The highest BCUT2D eigenvalue weighted by molar-refractivity contribution is 5.68. The molecule has 116 valence electrons. The first kappa shape index (κ1) is 15.7. The standard InChI is InChI=1S/C15H19F2NO3/c1-14(2,3)21-13(20)18-11-8-9-6-4-5-7-10(9)15(16,17)12(11)19/h4-7,11-12,19H,8H2,1-3H3,(H,18,20)/t11-,12-/m1/s1. The lowest BCUT2D eigenvalue weighted by Gasteiger charge is -2.36. The fourth-order valence-corrected chi connectivity index (χ4v) is 2.37. The number of benzene rings is 1. The maximum Gasteiger partial charge on any atom is 0.407 e. The molecule has 0 saturated heterocycles. The SMILES string of the molecule is CC(C)(C)OC(=O)N[C@@H]1Cc2ccccc2C(F)(F)[C@@H]1O. The van der Waals surface area contributed by atoms with Crippen LogP contribution < -0.4 is 5.32 Å². The first-order valence-corrected chi connectivity index (χ1v) is 6.75. The van der Waals surface area contributed by atoms with Crippen LogP contribution in [0.2, 0.25) is 0 Å². The molecule has 1 aromatic rings. The van der Waals surface area contributed by atoms with E-state index in [9.17, 15) is 18.7 Å². The number of aliphatic hydroxyl groups excluding tert-OH is 1. The van der Waals surface area contributed by atoms with E-state index in [1.165, 1.54) is 12.1 Å². The minimum Gasteiger partial charge on any atom is -0.444 e. The normalized spacial score (nSPS) is 24.1. The summed E-state index contributed by atoms with van der Waals surface area (Å²) in [7, 11) is 0. The molecule has 1 amide bonds. The van der Waals surface area contributed by atoms with Crippen molar-refractivity contribution in [1.29, 1.82) is 0 Å². The smallest absolute Gasteiger partial charge is 0.407 e. The fourth-order valence-electron chi connectivity index (χ4n) is 2.37. The predicted molar refractivity (Wildman–Crippen MR) is 73.2 cm³/mol. The second kappa shape index (κ2) is 5.26. The summed E-state index contributed by atoms with van der Waals surface area (Å²) in [6, 6.07) is 4.92. The summed E-state index contributed by atoms with van der Waals surface area (Å²) in [5.41, 5.74) is -0.516. The number of fused-ring (bicyclic) bond motifs is 1. The molecule has 0 bridgehead atoms. The minimum absolute atomic E-state index is 0.131. The van der Waals surface area contributed by atoms with E-state index in [0.29, 0.717) is 5.56 Å². The molecule has 1 aromatic carbocycles. The van der Waals surface area contributed by atoms with Crippen LogP contribution in [0.5, 0.6) is 0 Å². The molecule has 0 radical (unpaired) electrons. The van der Waals surface area contributed by atoms with Crippen molar-refractivity contribution in [2.75, 3.05) is 0 Å². The van der Waals surface area contributed by atoms with E-state index in [4.69, 9.17) is 4.74 Å². The molecule has 1 aliphatic carbocycles. The van der Waals surface area contributed by atoms with Gasteiger partial charge in [0.1, 0.15) is 11.7 Å². The largest absolute Gasteiger partial charge is 0.444 e. The van der Waals surface area contributed by atoms with E-state index < -0.39 is 29.8 Å². The Hall–Kier alpha value is -1.69. The number of hydrogen-bond acceptors (Lipinski definition) is 3. The number of aliphatic hydroxyl groups is 1. The van der Waals surface area contributed by atoms with Crippen LogP contribution in [0.25, 0.3) is 0 Å². The first-order chi connectivity index (χ1) is 9.61. The van der Waals surface area contributed by atoms with Crippen molar-refractivity contribution in [1.82, 2.24) is 5.32 Å². The molecular formula is C15H19F2NO3. The lowest BCUT2D eigenvalue weighted by Crippen LogP contribution is -2.55. The van der Waals surface area contributed by atoms with Crippen LogP contribution in [0.1, 0.15) is 31.9 Å². The molecule has 2 atom stereocenters. The van der Waals surface area contributed by atoms with E-state index in [-0.39, 0.29) is 12.0 Å². The lowest BCUT2D eigenvalue weighted by atomic mass is 9.83. The van der Waals surface area contributed by atoms with Crippen LogP contribution in [0.15, 0.2) is 24.3 Å². The Bertz CT molecular complexity index is 540. The number of rotatable bonds is 1. The molecule has 0 aliphatic heterocycles. The molecule has 0 spiro atoms. The minimum atomic E-state index is -3.41. The van der Waals surface area contributed by atoms with Gasteiger partial charge in [-0.25, -0.2) is 4.79 Å². The third-order valence-corrected chi connectivity index (χ3v) is 3.27. The highest BCUT2D eigenvalue weighted by Gasteiger charge is 2.50. The van der Waals surface area contributed by atoms with E-state index in [2.05, 4.69) is 5.32 Å². The Morgan fingerprint density at radius 3 is 2.62 bits per heavy atom. The molecule has 0 unspecified atom stereocenters. The van der Waals surface area contributed by atoms with Crippen LogP contribution in [0, 0.1) is 0 Å². The molecule has 2 rings (SSSR count). The average Bonchev–Trinajstić information content (AvgIpc) is 2.34. The van der Waals surface area contributed by atoms with Gasteiger partial charge in [-0.2, -0.15) is 8.78 Å². The zero-order chi connectivity index (χ0) is 15.8. The Morgan fingerprint density at radius 2 is 2.00 bits per heavy atom. The summed E-state index contributed by atoms with van der Waals surface area (Å²) in [6.07, 6.45) is -2.67. The summed E-state index contributed by atoms with van der Waals surface area (Å²) in [5.74, 6) is -3.41. The molecule has 6 heteroatoms. The van der Waals surface area contributed by atoms with Gasteiger partial charge < -0.3 is 15.2 Å². The second-order valence-corrected chi connectivity index (χ2v) is 6.18. The van der Waals surface area contributed by atoms with Crippen LogP contribution in [-0.2, 0) is 17.1 Å². The van der Waals surface area contributed by atoms with Gasteiger partial charge in [0.2, 0.25) is 0 Å². The average molecular weight is 299 g/mol. The van der Waals surface area contributed by atoms with Crippen molar-refractivity contribution in [2.45, 2.75) is 50.9 Å². The molecule has 0 heterocycles. The third kappa shape index (κ3) is 3.32. The van der Waals surface area contributed by atoms with Gasteiger partial charge in [0.05, 0.1) is 6.04 Å². The van der Waals surface area contributed by atoms with E-state index in [1.54, 1.807) is 32.9 Å². The van der Waals surface area contributed by atoms with Crippen molar-refractivity contribution in [2.24, 2.45) is 0 Å². The Morgan fingerprint density at radius 1 is 1.38 bits per heavy atom. The highest BCUT2D eigenvalue weighted by atomic mass is 19.3. The third-order valence-electron chi connectivity index (χ3n) is 3.27. The molecule has 1 aliphatic rings.